The predicted octanol–water partition coefficient (Wildman–Crippen LogP) is 3.92. The van der Waals surface area contributed by atoms with Crippen molar-refractivity contribution in [3.05, 3.63) is 60.7 Å². The standard InChI is InChI=1S/C19H19NO3S/c1-2-11-24-18-6-4-3-5-15(18)20-19(21)13-14-7-8-16-17(12-14)23-10-9-22-16/h2-8,12H,1,9-11,13H2,(H,20,21). The highest BCUT2D eigenvalue weighted by Gasteiger charge is 2.14. The van der Waals surface area contributed by atoms with Gasteiger partial charge in [0.15, 0.2) is 11.5 Å². The number of fused-ring (bicyclic) bond motifs is 1. The van der Waals surface area contributed by atoms with E-state index in [1.54, 1.807) is 11.8 Å². The number of amides is 1. The predicted molar refractivity (Wildman–Crippen MR) is 97.1 cm³/mol. The second-order valence-corrected chi connectivity index (χ2v) is 6.36. The van der Waals surface area contributed by atoms with Crippen LogP contribution in [-0.2, 0) is 11.2 Å². The van der Waals surface area contributed by atoms with E-state index in [9.17, 15) is 4.79 Å². The SMILES string of the molecule is C=CCSc1ccccc1NC(=O)Cc1ccc2c(c1)OCCO2. The number of anilines is 1. The quantitative estimate of drug-likeness (QED) is 0.639. The van der Waals surface area contributed by atoms with Gasteiger partial charge in [-0.3, -0.25) is 4.79 Å². The summed E-state index contributed by atoms with van der Waals surface area (Å²) in [6.45, 7) is 4.83. The van der Waals surface area contributed by atoms with Crippen LogP contribution in [-0.4, -0.2) is 24.9 Å². The Labute approximate surface area is 145 Å². The number of carbonyl (C=O) groups is 1. The van der Waals surface area contributed by atoms with E-state index in [4.69, 9.17) is 9.47 Å². The molecule has 4 nitrogen and oxygen atoms in total. The van der Waals surface area contributed by atoms with Crippen molar-refractivity contribution in [1.82, 2.24) is 0 Å². The Morgan fingerprint density at radius 3 is 2.79 bits per heavy atom. The maximum absolute atomic E-state index is 12.4. The van der Waals surface area contributed by atoms with Crippen molar-refractivity contribution in [3.8, 4) is 11.5 Å². The number of para-hydroxylation sites is 1. The molecule has 0 atom stereocenters. The number of carbonyl (C=O) groups excluding carboxylic acids is 1. The van der Waals surface area contributed by atoms with E-state index < -0.39 is 0 Å². The number of thioether (sulfide) groups is 1. The van der Waals surface area contributed by atoms with Crippen LogP contribution in [0.1, 0.15) is 5.56 Å². The van der Waals surface area contributed by atoms with Gasteiger partial charge in [-0.2, -0.15) is 0 Å². The van der Waals surface area contributed by atoms with E-state index in [1.807, 2.05) is 48.5 Å². The number of benzene rings is 2. The first-order chi connectivity index (χ1) is 11.8. The lowest BCUT2D eigenvalue weighted by Gasteiger charge is -2.18. The largest absolute Gasteiger partial charge is 0.486 e. The van der Waals surface area contributed by atoms with Crippen molar-refractivity contribution < 1.29 is 14.3 Å². The third-order valence-corrected chi connectivity index (χ3v) is 4.56. The molecule has 0 saturated carbocycles. The van der Waals surface area contributed by atoms with Gasteiger partial charge in [-0.15, -0.1) is 18.3 Å². The Bertz CT molecular complexity index is 745. The Morgan fingerprint density at radius 1 is 1.17 bits per heavy atom. The molecule has 2 aromatic rings. The zero-order valence-corrected chi connectivity index (χ0v) is 14.1. The lowest BCUT2D eigenvalue weighted by atomic mass is 10.1. The van der Waals surface area contributed by atoms with E-state index >= 15 is 0 Å². The molecule has 1 aliphatic heterocycles. The van der Waals surface area contributed by atoms with Crippen molar-refractivity contribution in [1.29, 1.82) is 0 Å². The molecule has 1 amide bonds. The summed E-state index contributed by atoms with van der Waals surface area (Å²) in [6, 6.07) is 13.4. The van der Waals surface area contributed by atoms with Gasteiger partial charge in [0.05, 0.1) is 12.1 Å². The van der Waals surface area contributed by atoms with Gasteiger partial charge in [-0.1, -0.05) is 24.3 Å². The number of rotatable bonds is 6. The summed E-state index contributed by atoms with van der Waals surface area (Å²) >= 11 is 1.64. The van der Waals surface area contributed by atoms with Crippen LogP contribution in [0.4, 0.5) is 5.69 Å². The van der Waals surface area contributed by atoms with Crippen molar-refractivity contribution in [2.45, 2.75) is 11.3 Å². The molecule has 1 N–H and O–H groups in total. The summed E-state index contributed by atoms with van der Waals surface area (Å²) in [7, 11) is 0. The Morgan fingerprint density at radius 2 is 1.96 bits per heavy atom. The minimum absolute atomic E-state index is 0.0571. The Kier molecular flexibility index (Phi) is 5.43. The lowest BCUT2D eigenvalue weighted by Crippen LogP contribution is -2.17. The fourth-order valence-corrected chi connectivity index (χ4v) is 3.17. The summed E-state index contributed by atoms with van der Waals surface area (Å²) in [5.41, 5.74) is 1.72. The van der Waals surface area contributed by atoms with Gasteiger partial charge in [0, 0.05) is 10.6 Å². The third-order valence-electron chi connectivity index (χ3n) is 3.49. The summed E-state index contributed by atoms with van der Waals surface area (Å²) in [4.78, 5) is 13.4. The molecule has 0 fully saturated rings. The molecule has 124 valence electrons. The molecule has 3 rings (SSSR count). The maximum Gasteiger partial charge on any atom is 0.228 e. The van der Waals surface area contributed by atoms with Gasteiger partial charge >= 0.3 is 0 Å². The van der Waals surface area contributed by atoms with Crippen LogP contribution in [0.2, 0.25) is 0 Å². The smallest absolute Gasteiger partial charge is 0.228 e. The fourth-order valence-electron chi connectivity index (χ4n) is 2.42. The van der Waals surface area contributed by atoms with Crippen molar-refractivity contribution >= 4 is 23.4 Å². The summed E-state index contributed by atoms with van der Waals surface area (Å²) < 4.78 is 11.1. The van der Waals surface area contributed by atoms with Crippen molar-refractivity contribution in [2.75, 3.05) is 24.3 Å². The molecule has 24 heavy (non-hydrogen) atoms. The van der Waals surface area contributed by atoms with Gasteiger partial charge < -0.3 is 14.8 Å². The summed E-state index contributed by atoms with van der Waals surface area (Å²) in [5.74, 6) is 2.18. The Balaban J connectivity index is 1.67. The minimum Gasteiger partial charge on any atom is -0.486 e. The van der Waals surface area contributed by atoms with Crippen molar-refractivity contribution in [2.24, 2.45) is 0 Å². The van der Waals surface area contributed by atoms with E-state index in [2.05, 4.69) is 11.9 Å². The average molecular weight is 341 g/mol. The number of ether oxygens (including phenoxy) is 2. The highest BCUT2D eigenvalue weighted by atomic mass is 32.2. The monoisotopic (exact) mass is 341 g/mol. The highest BCUT2D eigenvalue weighted by molar-refractivity contribution is 7.99. The molecule has 0 radical (unpaired) electrons. The number of hydrogen-bond acceptors (Lipinski definition) is 4. The molecule has 0 spiro atoms. The van der Waals surface area contributed by atoms with Crippen LogP contribution in [0.25, 0.3) is 0 Å². The topological polar surface area (TPSA) is 47.6 Å². The molecular weight excluding hydrogens is 322 g/mol. The molecule has 0 aliphatic carbocycles. The van der Waals surface area contributed by atoms with Gasteiger partial charge in [-0.05, 0) is 29.8 Å². The minimum atomic E-state index is -0.0571. The molecule has 0 bridgehead atoms. The van der Waals surface area contributed by atoms with Gasteiger partial charge in [-0.25, -0.2) is 0 Å². The van der Waals surface area contributed by atoms with Crippen LogP contribution in [0.3, 0.4) is 0 Å². The van der Waals surface area contributed by atoms with Crippen molar-refractivity contribution in [3.63, 3.8) is 0 Å². The molecular formula is C19H19NO3S. The third kappa shape index (κ3) is 4.11. The van der Waals surface area contributed by atoms with Crippen LogP contribution < -0.4 is 14.8 Å². The van der Waals surface area contributed by atoms with Crippen LogP contribution in [0.15, 0.2) is 60.0 Å². The molecule has 2 aromatic carbocycles. The zero-order valence-electron chi connectivity index (χ0n) is 13.3. The van der Waals surface area contributed by atoms with Crippen LogP contribution in [0, 0.1) is 0 Å². The molecule has 0 unspecified atom stereocenters. The zero-order chi connectivity index (χ0) is 16.8. The van der Waals surface area contributed by atoms with Crippen LogP contribution >= 0.6 is 11.8 Å². The van der Waals surface area contributed by atoms with E-state index in [1.165, 1.54) is 0 Å². The first kappa shape index (κ1) is 16.5. The normalized spacial score (nSPS) is 12.5. The molecule has 0 aromatic heterocycles. The van der Waals surface area contributed by atoms with E-state index in [0.717, 1.165) is 27.6 Å². The summed E-state index contributed by atoms with van der Waals surface area (Å²) in [5, 5.41) is 2.98. The van der Waals surface area contributed by atoms with Gasteiger partial charge in [0.25, 0.3) is 0 Å². The van der Waals surface area contributed by atoms with Gasteiger partial charge in [0.1, 0.15) is 13.2 Å². The highest BCUT2D eigenvalue weighted by Crippen LogP contribution is 2.31. The van der Waals surface area contributed by atoms with E-state index in [-0.39, 0.29) is 12.3 Å². The number of hydrogen-bond donors (Lipinski definition) is 1. The Hall–Kier alpha value is -2.40. The molecule has 5 heteroatoms. The average Bonchev–Trinajstić information content (AvgIpc) is 2.61. The molecule has 1 heterocycles. The maximum atomic E-state index is 12.4. The first-order valence-corrected chi connectivity index (χ1v) is 8.76. The second-order valence-electron chi connectivity index (χ2n) is 5.30. The molecule has 1 aliphatic rings. The molecule has 0 saturated heterocycles. The summed E-state index contributed by atoms with van der Waals surface area (Å²) in [6.07, 6.45) is 2.13. The first-order valence-electron chi connectivity index (χ1n) is 7.77. The van der Waals surface area contributed by atoms with E-state index in [0.29, 0.717) is 19.0 Å². The fraction of sp³-hybridized carbons (Fsp3) is 0.211. The van der Waals surface area contributed by atoms with Crippen LogP contribution in [0.5, 0.6) is 11.5 Å². The van der Waals surface area contributed by atoms with Gasteiger partial charge in [0.2, 0.25) is 5.91 Å². The second kappa shape index (κ2) is 7.93. The number of nitrogens with one attached hydrogen (secondary N) is 1. The lowest BCUT2D eigenvalue weighted by molar-refractivity contribution is -0.115.